The summed E-state index contributed by atoms with van der Waals surface area (Å²) in [5, 5.41) is 2.93. The number of nitrogens with one attached hydrogen (secondary N) is 1. The standard InChI is InChI=1S/C13H27N3O/c1-2-7-12(14)13(17)15-8-11-16-9-5-3-4-6-10-16/h12H,2-11,14H2,1H3,(H,15,17). The van der Waals surface area contributed by atoms with E-state index in [-0.39, 0.29) is 11.9 Å². The average Bonchev–Trinajstić information content (AvgIpc) is 2.58. The molecule has 3 N–H and O–H groups in total. The van der Waals surface area contributed by atoms with Crippen LogP contribution in [0, 0.1) is 0 Å². The summed E-state index contributed by atoms with van der Waals surface area (Å²) in [7, 11) is 0. The molecular formula is C13H27N3O. The third-order valence-electron chi connectivity index (χ3n) is 3.36. The second-order valence-corrected chi connectivity index (χ2v) is 4.94. The summed E-state index contributed by atoms with van der Waals surface area (Å²) in [5.41, 5.74) is 5.75. The van der Waals surface area contributed by atoms with Gasteiger partial charge in [-0.25, -0.2) is 0 Å². The van der Waals surface area contributed by atoms with E-state index in [2.05, 4.69) is 10.2 Å². The van der Waals surface area contributed by atoms with Gasteiger partial charge in [-0.3, -0.25) is 4.79 Å². The van der Waals surface area contributed by atoms with Crippen LogP contribution in [-0.4, -0.2) is 43.0 Å². The molecule has 0 saturated carbocycles. The second kappa shape index (κ2) is 8.48. The molecule has 0 aromatic carbocycles. The van der Waals surface area contributed by atoms with Crippen molar-refractivity contribution in [2.45, 2.75) is 51.5 Å². The minimum absolute atomic E-state index is 0.00155. The van der Waals surface area contributed by atoms with E-state index in [1.807, 2.05) is 6.92 Å². The van der Waals surface area contributed by atoms with E-state index in [4.69, 9.17) is 5.73 Å². The maximum atomic E-state index is 11.6. The lowest BCUT2D eigenvalue weighted by Gasteiger charge is -2.20. The van der Waals surface area contributed by atoms with Gasteiger partial charge in [0.15, 0.2) is 0 Å². The lowest BCUT2D eigenvalue weighted by Crippen LogP contribution is -2.43. The van der Waals surface area contributed by atoms with Crippen LogP contribution < -0.4 is 11.1 Å². The monoisotopic (exact) mass is 241 g/mol. The van der Waals surface area contributed by atoms with Crippen molar-refractivity contribution in [3.05, 3.63) is 0 Å². The Labute approximate surface area is 105 Å². The normalized spacial score (nSPS) is 19.6. The Kier molecular flexibility index (Phi) is 7.21. The van der Waals surface area contributed by atoms with Crippen LogP contribution in [0.2, 0.25) is 0 Å². The Bertz CT molecular complexity index is 213. The lowest BCUT2D eigenvalue weighted by molar-refractivity contribution is -0.122. The van der Waals surface area contributed by atoms with Crippen molar-refractivity contribution in [2.75, 3.05) is 26.2 Å². The fourth-order valence-electron chi connectivity index (χ4n) is 2.27. The fraction of sp³-hybridized carbons (Fsp3) is 0.923. The molecule has 1 amide bonds. The molecular weight excluding hydrogens is 214 g/mol. The van der Waals surface area contributed by atoms with Crippen LogP contribution >= 0.6 is 0 Å². The average molecular weight is 241 g/mol. The lowest BCUT2D eigenvalue weighted by atomic mass is 10.2. The molecule has 0 aromatic rings. The molecule has 1 saturated heterocycles. The number of amides is 1. The highest BCUT2D eigenvalue weighted by Crippen LogP contribution is 2.08. The van der Waals surface area contributed by atoms with Crippen LogP contribution in [0.4, 0.5) is 0 Å². The molecule has 4 heteroatoms. The Balaban J connectivity index is 2.11. The minimum atomic E-state index is -0.330. The van der Waals surface area contributed by atoms with E-state index < -0.39 is 0 Å². The van der Waals surface area contributed by atoms with Gasteiger partial charge in [-0.15, -0.1) is 0 Å². The van der Waals surface area contributed by atoms with Crippen LogP contribution in [0.1, 0.15) is 45.4 Å². The summed E-state index contributed by atoms with van der Waals surface area (Å²) < 4.78 is 0. The zero-order chi connectivity index (χ0) is 12.5. The third-order valence-corrected chi connectivity index (χ3v) is 3.36. The zero-order valence-corrected chi connectivity index (χ0v) is 11.1. The van der Waals surface area contributed by atoms with E-state index in [1.54, 1.807) is 0 Å². The quantitative estimate of drug-likeness (QED) is 0.732. The van der Waals surface area contributed by atoms with Crippen LogP contribution in [0.15, 0.2) is 0 Å². The number of carbonyl (C=O) groups excluding carboxylic acids is 1. The molecule has 0 aromatic heterocycles. The van der Waals surface area contributed by atoms with Gasteiger partial charge in [0.05, 0.1) is 6.04 Å². The summed E-state index contributed by atoms with van der Waals surface area (Å²) in [6.07, 6.45) is 7.03. The number of nitrogens with zero attached hydrogens (tertiary/aromatic N) is 1. The topological polar surface area (TPSA) is 58.4 Å². The van der Waals surface area contributed by atoms with E-state index in [0.717, 1.165) is 25.9 Å². The Morgan fingerprint density at radius 1 is 1.29 bits per heavy atom. The van der Waals surface area contributed by atoms with Crippen LogP contribution in [0.5, 0.6) is 0 Å². The minimum Gasteiger partial charge on any atom is -0.353 e. The first-order valence-electron chi connectivity index (χ1n) is 6.99. The predicted molar refractivity (Wildman–Crippen MR) is 70.8 cm³/mol. The molecule has 0 aliphatic carbocycles. The number of carbonyl (C=O) groups is 1. The van der Waals surface area contributed by atoms with Crippen LogP contribution in [-0.2, 0) is 4.79 Å². The number of rotatable bonds is 6. The smallest absolute Gasteiger partial charge is 0.236 e. The van der Waals surface area contributed by atoms with Gasteiger partial charge in [-0.1, -0.05) is 26.2 Å². The van der Waals surface area contributed by atoms with Crippen molar-refractivity contribution in [3.63, 3.8) is 0 Å². The van der Waals surface area contributed by atoms with Crippen molar-refractivity contribution in [2.24, 2.45) is 5.73 Å². The van der Waals surface area contributed by atoms with Gasteiger partial charge < -0.3 is 16.0 Å². The number of hydrogen-bond donors (Lipinski definition) is 2. The van der Waals surface area contributed by atoms with Crippen molar-refractivity contribution in [1.29, 1.82) is 0 Å². The molecule has 1 atom stereocenters. The fourth-order valence-corrected chi connectivity index (χ4v) is 2.27. The van der Waals surface area contributed by atoms with Gasteiger partial charge in [0.25, 0.3) is 0 Å². The molecule has 1 aliphatic rings. The van der Waals surface area contributed by atoms with Crippen LogP contribution in [0.25, 0.3) is 0 Å². The van der Waals surface area contributed by atoms with Gasteiger partial charge in [0.1, 0.15) is 0 Å². The molecule has 1 fully saturated rings. The molecule has 17 heavy (non-hydrogen) atoms. The van der Waals surface area contributed by atoms with Gasteiger partial charge in [-0.2, -0.15) is 0 Å². The van der Waals surface area contributed by atoms with E-state index >= 15 is 0 Å². The number of nitrogens with two attached hydrogens (primary N) is 1. The highest BCUT2D eigenvalue weighted by Gasteiger charge is 2.12. The van der Waals surface area contributed by atoms with Gasteiger partial charge in [0.2, 0.25) is 5.91 Å². The second-order valence-electron chi connectivity index (χ2n) is 4.94. The summed E-state index contributed by atoms with van der Waals surface area (Å²) >= 11 is 0. The number of likely N-dealkylation sites (tertiary alicyclic amines) is 1. The SMILES string of the molecule is CCCC(N)C(=O)NCCN1CCCCCC1. The maximum Gasteiger partial charge on any atom is 0.236 e. The summed E-state index contributed by atoms with van der Waals surface area (Å²) in [5.74, 6) is 0.00155. The molecule has 1 rings (SSSR count). The molecule has 100 valence electrons. The molecule has 0 spiro atoms. The molecule has 0 bridgehead atoms. The summed E-state index contributed by atoms with van der Waals surface area (Å²) in [4.78, 5) is 14.0. The largest absolute Gasteiger partial charge is 0.353 e. The van der Waals surface area contributed by atoms with E-state index in [1.165, 1.54) is 38.8 Å². The number of hydrogen-bond acceptors (Lipinski definition) is 3. The Morgan fingerprint density at radius 2 is 1.94 bits per heavy atom. The maximum absolute atomic E-state index is 11.6. The first-order chi connectivity index (χ1) is 8.24. The van der Waals surface area contributed by atoms with E-state index in [9.17, 15) is 4.79 Å². The molecule has 1 aliphatic heterocycles. The first kappa shape index (κ1) is 14.5. The van der Waals surface area contributed by atoms with Crippen molar-refractivity contribution < 1.29 is 4.79 Å². The van der Waals surface area contributed by atoms with Crippen molar-refractivity contribution in [1.82, 2.24) is 10.2 Å². The zero-order valence-electron chi connectivity index (χ0n) is 11.1. The Hall–Kier alpha value is -0.610. The molecule has 4 nitrogen and oxygen atoms in total. The first-order valence-corrected chi connectivity index (χ1v) is 6.99. The van der Waals surface area contributed by atoms with Crippen molar-refractivity contribution in [3.8, 4) is 0 Å². The molecule has 0 radical (unpaired) electrons. The van der Waals surface area contributed by atoms with Gasteiger partial charge >= 0.3 is 0 Å². The predicted octanol–water partition coefficient (Wildman–Crippen LogP) is 1.11. The third kappa shape index (κ3) is 6.03. The van der Waals surface area contributed by atoms with Gasteiger partial charge in [0, 0.05) is 13.1 Å². The highest BCUT2D eigenvalue weighted by molar-refractivity contribution is 5.81. The van der Waals surface area contributed by atoms with E-state index in [0.29, 0.717) is 0 Å². The van der Waals surface area contributed by atoms with Crippen molar-refractivity contribution >= 4 is 5.91 Å². The summed E-state index contributed by atoms with van der Waals surface area (Å²) in [6.45, 7) is 6.10. The molecule has 1 unspecified atom stereocenters. The van der Waals surface area contributed by atoms with Crippen LogP contribution in [0.3, 0.4) is 0 Å². The molecule has 1 heterocycles. The Morgan fingerprint density at radius 3 is 2.53 bits per heavy atom. The van der Waals surface area contributed by atoms with Gasteiger partial charge in [-0.05, 0) is 32.4 Å². The highest BCUT2D eigenvalue weighted by atomic mass is 16.2. The summed E-state index contributed by atoms with van der Waals surface area (Å²) in [6, 6.07) is -0.330.